The Bertz CT molecular complexity index is 742. The smallest absolute Gasteiger partial charge is 0.404 e. The van der Waals surface area contributed by atoms with Crippen LogP contribution in [0.4, 0.5) is 10.5 Å². The molecule has 1 amide bonds. The van der Waals surface area contributed by atoms with Crippen molar-refractivity contribution in [2.45, 2.75) is 31.3 Å². The van der Waals surface area contributed by atoms with Crippen LogP contribution in [-0.2, 0) is 12.8 Å². The van der Waals surface area contributed by atoms with E-state index in [1.807, 2.05) is 6.07 Å². The molecule has 3 N–H and O–H groups in total. The molecule has 4 heteroatoms. The van der Waals surface area contributed by atoms with Crippen LogP contribution < -0.4 is 10.6 Å². The molecular weight excluding hydrogens is 276 g/mol. The summed E-state index contributed by atoms with van der Waals surface area (Å²) in [5, 5.41) is 15.4. The first kappa shape index (κ1) is 13.2. The molecule has 0 radical (unpaired) electrons. The Kier molecular flexibility index (Phi) is 3.03. The zero-order chi connectivity index (χ0) is 15.1. The number of fused-ring (bicyclic) bond motifs is 1. The summed E-state index contributed by atoms with van der Waals surface area (Å²) in [5.74, 6) is 0. The van der Waals surface area contributed by atoms with Gasteiger partial charge < -0.3 is 15.7 Å². The van der Waals surface area contributed by atoms with Crippen molar-refractivity contribution in [3.63, 3.8) is 0 Å². The summed E-state index contributed by atoms with van der Waals surface area (Å²) in [7, 11) is 0. The van der Waals surface area contributed by atoms with Crippen LogP contribution in [0.25, 0.3) is 0 Å². The van der Waals surface area contributed by atoms with Gasteiger partial charge in [-0.05, 0) is 47.6 Å². The van der Waals surface area contributed by atoms with E-state index in [0.29, 0.717) is 0 Å². The van der Waals surface area contributed by atoms with E-state index in [0.717, 1.165) is 24.9 Å². The molecule has 2 aromatic rings. The Labute approximate surface area is 129 Å². The van der Waals surface area contributed by atoms with Crippen molar-refractivity contribution in [3.05, 3.63) is 64.7 Å². The zero-order valence-corrected chi connectivity index (χ0v) is 12.2. The van der Waals surface area contributed by atoms with Gasteiger partial charge in [0.1, 0.15) is 0 Å². The SMILES string of the molecule is O=C(O)NC1CCc2cccc3c2C1Nc1ccccc1C3. The molecular formula is C18H18N2O2. The second-order valence-corrected chi connectivity index (χ2v) is 6.04. The van der Waals surface area contributed by atoms with Gasteiger partial charge in [-0.2, -0.15) is 0 Å². The number of para-hydroxylation sites is 1. The maximum absolute atomic E-state index is 11.1. The molecule has 4 rings (SSSR count). The average molecular weight is 294 g/mol. The lowest BCUT2D eigenvalue weighted by atomic mass is 9.81. The van der Waals surface area contributed by atoms with E-state index in [1.165, 1.54) is 22.3 Å². The maximum Gasteiger partial charge on any atom is 0.404 e. The number of nitrogens with one attached hydrogen (secondary N) is 2. The van der Waals surface area contributed by atoms with Crippen LogP contribution in [0.1, 0.15) is 34.7 Å². The number of rotatable bonds is 1. The minimum atomic E-state index is -0.953. The van der Waals surface area contributed by atoms with Gasteiger partial charge in [0.15, 0.2) is 0 Å². The summed E-state index contributed by atoms with van der Waals surface area (Å²) in [6.07, 6.45) is 1.68. The van der Waals surface area contributed by atoms with Crippen molar-refractivity contribution in [1.29, 1.82) is 0 Å². The number of hydrogen-bond acceptors (Lipinski definition) is 2. The van der Waals surface area contributed by atoms with Crippen molar-refractivity contribution >= 4 is 11.8 Å². The van der Waals surface area contributed by atoms with E-state index in [9.17, 15) is 4.79 Å². The van der Waals surface area contributed by atoms with Crippen LogP contribution in [-0.4, -0.2) is 17.2 Å². The number of amides is 1. The van der Waals surface area contributed by atoms with E-state index >= 15 is 0 Å². The van der Waals surface area contributed by atoms with Crippen LogP contribution in [0.3, 0.4) is 0 Å². The first-order chi connectivity index (χ1) is 10.7. The molecule has 2 unspecified atom stereocenters. The Hall–Kier alpha value is -2.49. The Balaban J connectivity index is 1.85. The van der Waals surface area contributed by atoms with Gasteiger partial charge >= 0.3 is 6.09 Å². The molecule has 2 aliphatic rings. The highest BCUT2D eigenvalue weighted by Gasteiger charge is 2.34. The van der Waals surface area contributed by atoms with Gasteiger partial charge in [-0.3, -0.25) is 0 Å². The lowest BCUT2D eigenvalue weighted by Crippen LogP contribution is -2.44. The van der Waals surface area contributed by atoms with Crippen LogP contribution in [0.2, 0.25) is 0 Å². The van der Waals surface area contributed by atoms with E-state index in [2.05, 4.69) is 47.0 Å². The predicted octanol–water partition coefficient (Wildman–Crippen LogP) is 3.33. The summed E-state index contributed by atoms with van der Waals surface area (Å²) in [6.45, 7) is 0. The molecule has 22 heavy (non-hydrogen) atoms. The molecule has 2 atom stereocenters. The van der Waals surface area contributed by atoms with E-state index in [1.54, 1.807) is 0 Å². The number of anilines is 1. The molecule has 1 heterocycles. The summed E-state index contributed by atoms with van der Waals surface area (Å²) in [5.41, 5.74) is 6.29. The minimum absolute atomic E-state index is 0.000278. The van der Waals surface area contributed by atoms with Crippen molar-refractivity contribution in [1.82, 2.24) is 5.32 Å². The van der Waals surface area contributed by atoms with Gasteiger partial charge in [0.05, 0.1) is 12.1 Å². The number of hydrogen-bond donors (Lipinski definition) is 3. The Morgan fingerprint density at radius 3 is 2.73 bits per heavy atom. The highest BCUT2D eigenvalue weighted by Crippen LogP contribution is 2.39. The summed E-state index contributed by atoms with van der Waals surface area (Å²) >= 11 is 0. The van der Waals surface area contributed by atoms with Gasteiger partial charge in [0, 0.05) is 5.69 Å². The average Bonchev–Trinajstić information content (AvgIpc) is 2.67. The molecule has 2 aromatic carbocycles. The lowest BCUT2D eigenvalue weighted by Gasteiger charge is -2.35. The number of benzene rings is 2. The Morgan fingerprint density at radius 2 is 1.86 bits per heavy atom. The van der Waals surface area contributed by atoms with Gasteiger partial charge in [0.2, 0.25) is 0 Å². The van der Waals surface area contributed by atoms with E-state index in [-0.39, 0.29) is 12.1 Å². The minimum Gasteiger partial charge on any atom is -0.465 e. The van der Waals surface area contributed by atoms with Gasteiger partial charge in [-0.1, -0.05) is 36.4 Å². The van der Waals surface area contributed by atoms with E-state index < -0.39 is 6.09 Å². The van der Waals surface area contributed by atoms with Crippen molar-refractivity contribution in [2.75, 3.05) is 5.32 Å². The number of carbonyl (C=O) groups is 1. The first-order valence-electron chi connectivity index (χ1n) is 7.67. The molecule has 0 saturated heterocycles. The number of aryl methyl sites for hydroxylation is 1. The molecule has 0 fully saturated rings. The van der Waals surface area contributed by atoms with Crippen molar-refractivity contribution in [3.8, 4) is 0 Å². The van der Waals surface area contributed by atoms with Crippen LogP contribution in [0.15, 0.2) is 42.5 Å². The fourth-order valence-electron chi connectivity index (χ4n) is 3.79. The molecule has 1 aliphatic carbocycles. The third-order valence-electron chi connectivity index (χ3n) is 4.74. The van der Waals surface area contributed by atoms with Crippen LogP contribution in [0.5, 0.6) is 0 Å². The lowest BCUT2D eigenvalue weighted by molar-refractivity contribution is 0.186. The predicted molar refractivity (Wildman–Crippen MR) is 85.3 cm³/mol. The second-order valence-electron chi connectivity index (χ2n) is 6.04. The standard InChI is InChI=1S/C18H18N2O2/c21-18(22)20-15-9-8-11-5-3-6-13-10-12-4-1-2-7-14(12)19-17(15)16(11)13/h1-7,15,17,19-20H,8-10H2,(H,21,22). The second kappa shape index (κ2) is 5.05. The van der Waals surface area contributed by atoms with Gasteiger partial charge in [-0.25, -0.2) is 4.79 Å². The molecule has 4 nitrogen and oxygen atoms in total. The molecule has 0 aromatic heterocycles. The quantitative estimate of drug-likeness (QED) is 0.756. The normalized spacial score (nSPS) is 21.8. The van der Waals surface area contributed by atoms with Crippen molar-refractivity contribution < 1.29 is 9.90 Å². The summed E-state index contributed by atoms with van der Waals surface area (Å²) < 4.78 is 0. The Morgan fingerprint density at radius 1 is 1.09 bits per heavy atom. The zero-order valence-electron chi connectivity index (χ0n) is 12.2. The first-order valence-corrected chi connectivity index (χ1v) is 7.67. The monoisotopic (exact) mass is 294 g/mol. The van der Waals surface area contributed by atoms with Gasteiger partial charge in [0.25, 0.3) is 0 Å². The molecule has 0 bridgehead atoms. The third-order valence-corrected chi connectivity index (χ3v) is 4.74. The summed E-state index contributed by atoms with van der Waals surface area (Å²) in [6, 6.07) is 14.6. The third kappa shape index (κ3) is 2.11. The highest BCUT2D eigenvalue weighted by molar-refractivity contribution is 5.66. The maximum atomic E-state index is 11.1. The van der Waals surface area contributed by atoms with Gasteiger partial charge in [-0.15, -0.1) is 0 Å². The fraction of sp³-hybridized carbons (Fsp3) is 0.278. The van der Waals surface area contributed by atoms with Crippen molar-refractivity contribution in [2.24, 2.45) is 0 Å². The largest absolute Gasteiger partial charge is 0.465 e. The van der Waals surface area contributed by atoms with Crippen LogP contribution in [0, 0.1) is 0 Å². The van der Waals surface area contributed by atoms with Crippen LogP contribution >= 0.6 is 0 Å². The fourth-order valence-corrected chi connectivity index (χ4v) is 3.79. The van der Waals surface area contributed by atoms with E-state index in [4.69, 9.17) is 5.11 Å². The molecule has 1 aliphatic heterocycles. The molecule has 0 spiro atoms. The molecule has 0 saturated carbocycles. The highest BCUT2D eigenvalue weighted by atomic mass is 16.4. The number of carboxylic acid groups (broad SMARTS) is 1. The topological polar surface area (TPSA) is 61.4 Å². The summed E-state index contributed by atoms with van der Waals surface area (Å²) in [4.78, 5) is 11.1. The molecule has 112 valence electrons.